The van der Waals surface area contributed by atoms with E-state index in [0.717, 1.165) is 11.1 Å². The molecule has 0 saturated heterocycles. The molecule has 0 aliphatic rings. The Labute approximate surface area is 88.1 Å². The predicted molar refractivity (Wildman–Crippen MR) is 55.5 cm³/mol. The number of hydrogen-bond donors (Lipinski definition) is 0. The average Bonchev–Trinajstić information content (AvgIpc) is 2.07. The maximum Gasteiger partial charge on any atom is 0.264 e. The van der Waals surface area contributed by atoms with Crippen LogP contribution < -0.4 is 4.74 Å². The van der Waals surface area contributed by atoms with E-state index in [4.69, 9.17) is 15.4 Å². The summed E-state index contributed by atoms with van der Waals surface area (Å²) in [4.78, 5) is 0.0183. The van der Waals surface area contributed by atoms with Crippen molar-refractivity contribution >= 4 is 19.7 Å². The number of hydrogen-bond acceptors (Lipinski definition) is 3. The first-order valence-corrected chi connectivity index (χ1v) is 6.27. The van der Waals surface area contributed by atoms with Gasteiger partial charge in [-0.05, 0) is 37.1 Å². The van der Waals surface area contributed by atoms with E-state index in [9.17, 15) is 8.42 Å². The molecule has 0 unspecified atom stereocenters. The normalized spacial score (nSPS) is 11.4. The van der Waals surface area contributed by atoms with E-state index in [0.29, 0.717) is 0 Å². The zero-order valence-electron chi connectivity index (χ0n) is 8.17. The summed E-state index contributed by atoms with van der Waals surface area (Å²) in [5.41, 5.74) is 1.83. The molecule has 5 heteroatoms. The third-order valence-electron chi connectivity index (χ3n) is 2.04. The van der Waals surface area contributed by atoms with E-state index >= 15 is 0 Å². The van der Waals surface area contributed by atoms with Crippen LogP contribution in [0.15, 0.2) is 17.0 Å². The summed E-state index contributed by atoms with van der Waals surface area (Å²) in [5, 5.41) is 0. The molecule has 3 nitrogen and oxygen atoms in total. The van der Waals surface area contributed by atoms with Gasteiger partial charge in [0.2, 0.25) is 0 Å². The standard InChI is InChI=1S/C9H11ClO3S/c1-6-4-8(13-3)9(5-7(6)2)14(10,11)12/h4-5H,1-3H3. The topological polar surface area (TPSA) is 43.4 Å². The van der Waals surface area contributed by atoms with Crippen molar-refractivity contribution in [3.63, 3.8) is 0 Å². The fourth-order valence-electron chi connectivity index (χ4n) is 1.11. The highest BCUT2D eigenvalue weighted by Gasteiger charge is 2.17. The van der Waals surface area contributed by atoms with Gasteiger partial charge in [0.25, 0.3) is 9.05 Å². The van der Waals surface area contributed by atoms with Gasteiger partial charge >= 0.3 is 0 Å². The highest BCUT2D eigenvalue weighted by Crippen LogP contribution is 2.29. The molecule has 1 rings (SSSR count). The van der Waals surface area contributed by atoms with Crippen LogP contribution in [0.5, 0.6) is 5.75 Å². The van der Waals surface area contributed by atoms with Crippen LogP contribution in [0, 0.1) is 13.8 Å². The molecule has 0 bridgehead atoms. The van der Waals surface area contributed by atoms with Gasteiger partial charge in [-0.15, -0.1) is 0 Å². The lowest BCUT2D eigenvalue weighted by Crippen LogP contribution is -1.98. The van der Waals surface area contributed by atoms with Crippen molar-refractivity contribution in [2.45, 2.75) is 18.7 Å². The molecular formula is C9H11ClO3S. The van der Waals surface area contributed by atoms with Crippen LogP contribution >= 0.6 is 10.7 Å². The number of ether oxygens (including phenoxy) is 1. The monoisotopic (exact) mass is 234 g/mol. The smallest absolute Gasteiger partial charge is 0.264 e. The Morgan fingerprint density at radius 2 is 1.71 bits per heavy atom. The molecule has 1 aromatic rings. The Morgan fingerprint density at radius 3 is 2.14 bits per heavy atom. The molecule has 0 saturated carbocycles. The zero-order valence-corrected chi connectivity index (χ0v) is 9.74. The van der Waals surface area contributed by atoms with Crippen molar-refractivity contribution in [1.82, 2.24) is 0 Å². The third kappa shape index (κ3) is 2.19. The minimum Gasteiger partial charge on any atom is -0.495 e. The molecule has 0 aliphatic heterocycles. The van der Waals surface area contributed by atoms with Crippen LogP contribution in [0.25, 0.3) is 0 Å². The van der Waals surface area contributed by atoms with Crippen molar-refractivity contribution in [3.8, 4) is 5.75 Å². The van der Waals surface area contributed by atoms with Crippen LogP contribution in [0.4, 0.5) is 0 Å². The van der Waals surface area contributed by atoms with Gasteiger partial charge in [-0.1, -0.05) is 0 Å². The van der Waals surface area contributed by atoms with Crippen molar-refractivity contribution in [1.29, 1.82) is 0 Å². The highest BCUT2D eigenvalue weighted by atomic mass is 35.7. The molecule has 0 heterocycles. The Bertz CT molecular complexity index is 451. The first kappa shape index (κ1) is 11.3. The lowest BCUT2D eigenvalue weighted by molar-refractivity contribution is 0.402. The number of halogens is 1. The summed E-state index contributed by atoms with van der Waals surface area (Å²) in [5.74, 6) is 0.281. The van der Waals surface area contributed by atoms with Crippen molar-refractivity contribution in [3.05, 3.63) is 23.3 Å². The molecule has 1 aromatic carbocycles. The molecule has 0 aromatic heterocycles. The van der Waals surface area contributed by atoms with Crippen molar-refractivity contribution in [2.24, 2.45) is 0 Å². The molecule has 0 spiro atoms. The Morgan fingerprint density at radius 1 is 1.21 bits per heavy atom. The predicted octanol–water partition coefficient (Wildman–Crippen LogP) is 2.24. The quantitative estimate of drug-likeness (QED) is 0.738. The van der Waals surface area contributed by atoms with E-state index in [2.05, 4.69) is 0 Å². The summed E-state index contributed by atoms with van der Waals surface area (Å²) in [7, 11) is 2.93. The first-order chi connectivity index (χ1) is 6.36. The van der Waals surface area contributed by atoms with Gasteiger partial charge in [-0.25, -0.2) is 8.42 Å². The second kappa shape index (κ2) is 3.79. The minimum atomic E-state index is -3.74. The van der Waals surface area contributed by atoms with Crippen molar-refractivity contribution in [2.75, 3.05) is 7.11 Å². The molecule has 78 valence electrons. The number of aryl methyl sites for hydroxylation is 2. The molecule has 0 atom stereocenters. The van der Waals surface area contributed by atoms with Crippen LogP contribution in [0.3, 0.4) is 0 Å². The van der Waals surface area contributed by atoms with Crippen LogP contribution in [0.2, 0.25) is 0 Å². The maximum absolute atomic E-state index is 11.2. The Hall–Kier alpha value is -0.740. The second-order valence-electron chi connectivity index (χ2n) is 3.03. The van der Waals surface area contributed by atoms with Crippen LogP contribution in [0.1, 0.15) is 11.1 Å². The summed E-state index contributed by atoms with van der Waals surface area (Å²) in [6.45, 7) is 3.70. The fourth-order valence-corrected chi connectivity index (χ4v) is 2.18. The second-order valence-corrected chi connectivity index (χ2v) is 5.56. The number of benzene rings is 1. The largest absolute Gasteiger partial charge is 0.495 e. The molecule has 0 amide bonds. The molecular weight excluding hydrogens is 224 g/mol. The van der Waals surface area contributed by atoms with Gasteiger partial charge in [-0.3, -0.25) is 0 Å². The van der Waals surface area contributed by atoms with E-state index in [1.165, 1.54) is 13.2 Å². The lowest BCUT2D eigenvalue weighted by atomic mass is 10.1. The lowest BCUT2D eigenvalue weighted by Gasteiger charge is -2.08. The molecule has 0 aliphatic carbocycles. The molecule has 0 radical (unpaired) electrons. The van der Waals surface area contributed by atoms with E-state index in [1.807, 2.05) is 13.8 Å². The molecule has 0 N–H and O–H groups in total. The Balaban J connectivity index is 3.51. The fraction of sp³-hybridized carbons (Fsp3) is 0.333. The van der Waals surface area contributed by atoms with Gasteiger partial charge in [0.05, 0.1) is 7.11 Å². The van der Waals surface area contributed by atoms with Gasteiger partial charge in [0, 0.05) is 10.7 Å². The average molecular weight is 235 g/mol. The van der Waals surface area contributed by atoms with Gasteiger partial charge in [-0.2, -0.15) is 0 Å². The van der Waals surface area contributed by atoms with E-state index < -0.39 is 9.05 Å². The highest BCUT2D eigenvalue weighted by molar-refractivity contribution is 8.13. The minimum absolute atomic E-state index is 0.0183. The van der Waals surface area contributed by atoms with Gasteiger partial charge in [0.15, 0.2) is 0 Å². The SMILES string of the molecule is COc1cc(C)c(C)cc1S(=O)(=O)Cl. The number of rotatable bonds is 2. The Kier molecular flexibility index (Phi) is 3.07. The van der Waals surface area contributed by atoms with Gasteiger partial charge < -0.3 is 4.74 Å². The van der Waals surface area contributed by atoms with E-state index in [1.54, 1.807) is 6.07 Å². The van der Waals surface area contributed by atoms with Crippen molar-refractivity contribution < 1.29 is 13.2 Å². The summed E-state index contributed by atoms with van der Waals surface area (Å²) < 4.78 is 27.3. The summed E-state index contributed by atoms with van der Waals surface area (Å²) in [6.07, 6.45) is 0. The number of methoxy groups -OCH3 is 1. The first-order valence-electron chi connectivity index (χ1n) is 3.96. The third-order valence-corrected chi connectivity index (χ3v) is 3.39. The summed E-state index contributed by atoms with van der Waals surface area (Å²) in [6, 6.07) is 3.17. The summed E-state index contributed by atoms with van der Waals surface area (Å²) >= 11 is 0. The van der Waals surface area contributed by atoms with Crippen LogP contribution in [-0.4, -0.2) is 15.5 Å². The van der Waals surface area contributed by atoms with Crippen LogP contribution in [-0.2, 0) is 9.05 Å². The van der Waals surface area contributed by atoms with E-state index in [-0.39, 0.29) is 10.6 Å². The maximum atomic E-state index is 11.2. The molecule has 0 fully saturated rings. The zero-order chi connectivity index (χ0) is 10.9. The molecule has 14 heavy (non-hydrogen) atoms. The van der Waals surface area contributed by atoms with Gasteiger partial charge in [0.1, 0.15) is 10.6 Å².